The van der Waals surface area contributed by atoms with Crippen LogP contribution in [0.5, 0.6) is 5.75 Å². The lowest BCUT2D eigenvalue weighted by atomic mass is 10.0. The number of phenols is 1. The summed E-state index contributed by atoms with van der Waals surface area (Å²) in [6, 6.07) is 21.0. The number of carbonyl (C=O) groups is 3. The van der Waals surface area contributed by atoms with Crippen molar-refractivity contribution >= 4 is 46.1 Å². The third-order valence-electron chi connectivity index (χ3n) is 5.50. The summed E-state index contributed by atoms with van der Waals surface area (Å²) >= 11 is 1.48. The zero-order chi connectivity index (χ0) is 25.8. The number of phenolic OH excluding ortho intramolecular Hbond substituents is 1. The molecule has 4 aromatic rings. The van der Waals surface area contributed by atoms with Gasteiger partial charge in [-0.15, -0.1) is 0 Å². The Kier molecular flexibility index (Phi) is 7.26. The minimum absolute atomic E-state index is 0.0476. The number of aromatic hydroxyl groups is 1. The molecule has 0 saturated carbocycles. The molecule has 0 spiro atoms. The highest BCUT2D eigenvalue weighted by molar-refractivity contribution is 7.99. The van der Waals surface area contributed by atoms with Gasteiger partial charge in [-0.25, -0.2) is 9.59 Å². The fourth-order valence-corrected chi connectivity index (χ4v) is 4.68. The number of hydrogen-bond donors (Lipinski definition) is 2. The van der Waals surface area contributed by atoms with Crippen LogP contribution in [0.15, 0.2) is 82.6 Å². The molecule has 0 aromatic heterocycles. The Morgan fingerprint density at radius 1 is 0.806 bits per heavy atom. The topological polar surface area (TPSA) is 102 Å². The van der Waals surface area contributed by atoms with Crippen LogP contribution in [0.4, 0.5) is 5.69 Å². The third kappa shape index (κ3) is 5.18. The molecule has 2 N–H and O–H groups in total. The quantitative estimate of drug-likeness (QED) is 0.321. The molecule has 0 bridgehead atoms. The summed E-state index contributed by atoms with van der Waals surface area (Å²) < 4.78 is 9.50. The summed E-state index contributed by atoms with van der Waals surface area (Å²) in [5.74, 6) is -2.14. The minimum atomic E-state index is -0.679. The normalized spacial score (nSPS) is 10.6. The predicted molar refractivity (Wildman–Crippen MR) is 138 cm³/mol. The maximum Gasteiger partial charge on any atom is 0.337 e. The van der Waals surface area contributed by atoms with E-state index in [2.05, 4.69) is 5.32 Å². The van der Waals surface area contributed by atoms with Crippen LogP contribution in [0.1, 0.15) is 36.6 Å². The number of amides is 1. The van der Waals surface area contributed by atoms with Crippen molar-refractivity contribution in [1.29, 1.82) is 0 Å². The maximum absolute atomic E-state index is 13.3. The van der Waals surface area contributed by atoms with Crippen LogP contribution in [0, 0.1) is 6.92 Å². The SMILES string of the molecule is COC(=O)c1cc(NC(=O)c2cc(Sc3ccc(C)cc3)c3ccccc3c2O)cc(C(=O)OC)c1. The molecular weight excluding hydrogens is 478 g/mol. The summed E-state index contributed by atoms with van der Waals surface area (Å²) in [6.07, 6.45) is 0. The number of methoxy groups -OCH3 is 2. The number of esters is 2. The van der Waals surface area contributed by atoms with Crippen LogP contribution in [0.3, 0.4) is 0 Å². The summed E-state index contributed by atoms with van der Waals surface area (Å²) in [5, 5.41) is 15.0. The van der Waals surface area contributed by atoms with Gasteiger partial charge in [0.15, 0.2) is 0 Å². The first kappa shape index (κ1) is 24.8. The Labute approximate surface area is 212 Å². The van der Waals surface area contributed by atoms with Gasteiger partial charge in [0.05, 0.1) is 30.9 Å². The first-order valence-electron chi connectivity index (χ1n) is 10.9. The second-order valence-electron chi connectivity index (χ2n) is 7.97. The second-order valence-corrected chi connectivity index (χ2v) is 9.08. The molecule has 0 unspecified atom stereocenters. The van der Waals surface area contributed by atoms with Gasteiger partial charge in [-0.05, 0) is 48.7 Å². The number of ether oxygens (including phenoxy) is 2. The van der Waals surface area contributed by atoms with E-state index in [0.717, 1.165) is 20.7 Å². The smallest absolute Gasteiger partial charge is 0.337 e. The molecule has 0 heterocycles. The Bertz CT molecular complexity index is 1450. The van der Waals surface area contributed by atoms with Crippen LogP contribution in [-0.2, 0) is 9.47 Å². The maximum atomic E-state index is 13.3. The summed E-state index contributed by atoms with van der Waals surface area (Å²) in [6.45, 7) is 2.01. The number of fused-ring (bicyclic) bond motifs is 1. The number of hydrogen-bond acceptors (Lipinski definition) is 7. The predicted octanol–water partition coefficient (Wildman–Crippen LogP) is 5.83. The number of carbonyl (C=O) groups excluding carboxylic acids is 3. The van der Waals surface area contributed by atoms with Crippen LogP contribution in [0.25, 0.3) is 10.8 Å². The Morgan fingerprint density at radius 2 is 1.39 bits per heavy atom. The highest BCUT2D eigenvalue weighted by Gasteiger charge is 2.20. The Morgan fingerprint density at radius 3 is 1.97 bits per heavy atom. The molecule has 0 aliphatic rings. The van der Waals surface area contributed by atoms with Gasteiger partial charge in [-0.2, -0.15) is 0 Å². The Hall–Kier alpha value is -4.30. The lowest BCUT2D eigenvalue weighted by Gasteiger charge is -2.14. The van der Waals surface area contributed by atoms with Crippen molar-refractivity contribution in [2.75, 3.05) is 19.5 Å². The molecule has 0 aliphatic carbocycles. The van der Waals surface area contributed by atoms with E-state index in [1.165, 1.54) is 44.2 Å². The second kappa shape index (κ2) is 10.5. The number of aryl methyl sites for hydroxylation is 1. The molecule has 0 radical (unpaired) electrons. The molecule has 7 nitrogen and oxygen atoms in total. The van der Waals surface area contributed by atoms with Gasteiger partial charge >= 0.3 is 11.9 Å². The lowest BCUT2D eigenvalue weighted by Crippen LogP contribution is -2.15. The first-order valence-corrected chi connectivity index (χ1v) is 11.7. The van der Waals surface area contributed by atoms with E-state index in [1.807, 2.05) is 43.3 Å². The molecule has 0 saturated heterocycles. The zero-order valence-electron chi connectivity index (χ0n) is 19.8. The van der Waals surface area contributed by atoms with E-state index in [1.54, 1.807) is 18.2 Å². The summed E-state index contributed by atoms with van der Waals surface area (Å²) in [7, 11) is 2.43. The van der Waals surface area contributed by atoms with Crippen molar-refractivity contribution in [2.45, 2.75) is 16.7 Å². The van der Waals surface area contributed by atoms with Gasteiger partial charge in [-0.3, -0.25) is 4.79 Å². The zero-order valence-corrected chi connectivity index (χ0v) is 20.6. The van der Waals surface area contributed by atoms with Gasteiger partial charge in [0.2, 0.25) is 0 Å². The molecule has 0 fully saturated rings. The fourth-order valence-electron chi connectivity index (χ4n) is 3.69. The highest BCUT2D eigenvalue weighted by Crippen LogP contribution is 2.39. The van der Waals surface area contributed by atoms with E-state index in [-0.39, 0.29) is 28.1 Å². The van der Waals surface area contributed by atoms with Gasteiger partial charge in [-0.1, -0.05) is 53.7 Å². The van der Waals surface area contributed by atoms with Crippen molar-refractivity contribution < 1.29 is 29.0 Å². The number of benzene rings is 4. The van der Waals surface area contributed by atoms with E-state index < -0.39 is 17.8 Å². The molecule has 1 amide bonds. The standard InChI is InChI=1S/C28H23NO6S/c1-16-8-10-20(11-9-16)36-24-15-23(25(30)22-7-5-4-6-21(22)24)26(31)29-19-13-17(27(32)34-2)12-18(14-19)28(33)35-3/h4-15,30H,1-3H3,(H,29,31). The van der Waals surface area contributed by atoms with E-state index in [9.17, 15) is 19.5 Å². The van der Waals surface area contributed by atoms with Crippen LogP contribution in [0.2, 0.25) is 0 Å². The van der Waals surface area contributed by atoms with Gasteiger partial charge in [0.1, 0.15) is 5.75 Å². The molecule has 182 valence electrons. The molecule has 4 aromatic carbocycles. The molecule has 0 aliphatic heterocycles. The monoisotopic (exact) mass is 501 g/mol. The van der Waals surface area contributed by atoms with Gasteiger partial charge in [0, 0.05) is 20.9 Å². The molecule has 0 atom stereocenters. The average molecular weight is 502 g/mol. The summed E-state index contributed by atoms with van der Waals surface area (Å²) in [5.41, 5.74) is 1.48. The Balaban J connectivity index is 1.75. The first-order chi connectivity index (χ1) is 17.3. The van der Waals surface area contributed by atoms with E-state index in [0.29, 0.717) is 5.39 Å². The van der Waals surface area contributed by atoms with E-state index in [4.69, 9.17) is 9.47 Å². The minimum Gasteiger partial charge on any atom is -0.506 e. The van der Waals surface area contributed by atoms with Crippen LogP contribution >= 0.6 is 11.8 Å². The van der Waals surface area contributed by atoms with Crippen molar-refractivity contribution in [2.24, 2.45) is 0 Å². The van der Waals surface area contributed by atoms with E-state index >= 15 is 0 Å². The van der Waals surface area contributed by atoms with Crippen molar-refractivity contribution in [3.63, 3.8) is 0 Å². The fraction of sp³-hybridized carbons (Fsp3) is 0.107. The third-order valence-corrected chi connectivity index (χ3v) is 6.57. The largest absolute Gasteiger partial charge is 0.506 e. The number of nitrogens with one attached hydrogen (secondary N) is 1. The van der Waals surface area contributed by atoms with Crippen molar-refractivity contribution in [3.8, 4) is 5.75 Å². The molecule has 4 rings (SSSR count). The lowest BCUT2D eigenvalue weighted by molar-refractivity contribution is 0.0598. The van der Waals surface area contributed by atoms with Gasteiger partial charge < -0.3 is 19.9 Å². The van der Waals surface area contributed by atoms with Gasteiger partial charge in [0.25, 0.3) is 5.91 Å². The number of anilines is 1. The summed E-state index contributed by atoms with van der Waals surface area (Å²) in [4.78, 5) is 39.3. The molecule has 36 heavy (non-hydrogen) atoms. The average Bonchev–Trinajstić information content (AvgIpc) is 2.90. The van der Waals surface area contributed by atoms with Crippen molar-refractivity contribution in [3.05, 3.63) is 95.1 Å². The van der Waals surface area contributed by atoms with Crippen LogP contribution in [-0.4, -0.2) is 37.2 Å². The van der Waals surface area contributed by atoms with Crippen LogP contribution < -0.4 is 5.32 Å². The molecular formula is C28H23NO6S. The molecule has 8 heteroatoms. The highest BCUT2D eigenvalue weighted by atomic mass is 32.2. The van der Waals surface area contributed by atoms with Crippen molar-refractivity contribution in [1.82, 2.24) is 0 Å². The number of rotatable bonds is 6.